The van der Waals surface area contributed by atoms with Crippen LogP contribution >= 0.6 is 0 Å². The smallest absolute Gasteiger partial charge is 0.254 e. The second kappa shape index (κ2) is 9.17. The van der Waals surface area contributed by atoms with Crippen molar-refractivity contribution in [2.24, 2.45) is 10.7 Å². The molecule has 0 aliphatic carbocycles. The molecule has 0 atom stereocenters. The standard InChI is InChI=1S/C21H30FN7/c1-5-29-12-10-16(11-13-29)27(3)19-14-15(2)24-21(25-19)26-20(23)28(4)18-9-7-6-8-17(18)22/h6-9,14,16H,5,10-13H2,1-4H3,(H2,23,24,25,26). The van der Waals surface area contributed by atoms with Gasteiger partial charge in [0, 0.05) is 45.0 Å². The van der Waals surface area contributed by atoms with Crippen molar-refractivity contribution in [1.82, 2.24) is 14.9 Å². The highest BCUT2D eigenvalue weighted by molar-refractivity contribution is 5.95. The van der Waals surface area contributed by atoms with Crippen molar-refractivity contribution in [3.63, 3.8) is 0 Å². The minimum absolute atomic E-state index is 0.130. The van der Waals surface area contributed by atoms with Gasteiger partial charge in [-0.2, -0.15) is 9.98 Å². The Kier molecular flexibility index (Phi) is 6.64. The van der Waals surface area contributed by atoms with Gasteiger partial charge in [-0.1, -0.05) is 19.1 Å². The van der Waals surface area contributed by atoms with Crippen molar-refractivity contribution in [2.75, 3.05) is 43.5 Å². The quantitative estimate of drug-likeness (QED) is 0.616. The molecule has 1 aromatic heterocycles. The summed E-state index contributed by atoms with van der Waals surface area (Å²) >= 11 is 0. The molecule has 0 unspecified atom stereocenters. The Morgan fingerprint density at radius 1 is 1.24 bits per heavy atom. The zero-order valence-corrected chi connectivity index (χ0v) is 17.6. The first-order chi connectivity index (χ1) is 13.9. The van der Waals surface area contributed by atoms with Gasteiger partial charge in [-0.15, -0.1) is 0 Å². The average Bonchev–Trinajstić information content (AvgIpc) is 2.72. The Bertz CT molecular complexity index is 862. The number of hydrogen-bond acceptors (Lipinski definition) is 5. The summed E-state index contributed by atoms with van der Waals surface area (Å²) in [5.41, 5.74) is 7.27. The molecule has 1 saturated heterocycles. The number of aliphatic imine (C=N–C) groups is 1. The van der Waals surface area contributed by atoms with E-state index in [1.54, 1.807) is 25.2 Å². The summed E-state index contributed by atoms with van der Waals surface area (Å²) in [6.07, 6.45) is 2.20. The van der Waals surface area contributed by atoms with E-state index in [1.807, 2.05) is 13.0 Å². The molecule has 0 saturated carbocycles. The van der Waals surface area contributed by atoms with E-state index in [0.29, 0.717) is 11.7 Å². The SMILES string of the molecule is CCN1CCC(N(C)c2cc(C)nc(/N=C(/N)N(C)c3ccccc3F)n2)CC1. The molecule has 29 heavy (non-hydrogen) atoms. The molecule has 0 amide bonds. The van der Waals surface area contributed by atoms with Crippen LogP contribution in [-0.2, 0) is 0 Å². The van der Waals surface area contributed by atoms with Gasteiger partial charge in [0.05, 0.1) is 5.69 Å². The highest BCUT2D eigenvalue weighted by Crippen LogP contribution is 2.23. The molecule has 1 aliphatic heterocycles. The molecule has 7 nitrogen and oxygen atoms in total. The largest absolute Gasteiger partial charge is 0.369 e. The molecule has 2 aromatic rings. The number of aromatic nitrogens is 2. The maximum atomic E-state index is 14.0. The molecule has 1 aliphatic rings. The Labute approximate surface area is 172 Å². The third kappa shape index (κ3) is 5.00. The summed E-state index contributed by atoms with van der Waals surface area (Å²) in [7, 11) is 3.73. The highest BCUT2D eigenvalue weighted by atomic mass is 19.1. The zero-order chi connectivity index (χ0) is 21.0. The summed E-state index contributed by atoms with van der Waals surface area (Å²) in [5, 5.41) is 0. The van der Waals surface area contributed by atoms with Gasteiger partial charge in [-0.25, -0.2) is 9.37 Å². The molecule has 0 bridgehead atoms. The van der Waals surface area contributed by atoms with Crippen LogP contribution in [0.3, 0.4) is 0 Å². The van der Waals surface area contributed by atoms with Gasteiger partial charge < -0.3 is 20.4 Å². The average molecular weight is 400 g/mol. The van der Waals surface area contributed by atoms with Gasteiger partial charge in [-0.05, 0) is 38.4 Å². The second-order valence-corrected chi connectivity index (χ2v) is 7.42. The van der Waals surface area contributed by atoms with Gasteiger partial charge >= 0.3 is 0 Å². The number of piperidine rings is 1. The Hall–Kier alpha value is -2.74. The second-order valence-electron chi connectivity index (χ2n) is 7.42. The molecule has 2 heterocycles. The van der Waals surface area contributed by atoms with Crippen molar-refractivity contribution >= 4 is 23.4 Å². The van der Waals surface area contributed by atoms with Gasteiger partial charge in [0.2, 0.25) is 5.96 Å². The fourth-order valence-electron chi connectivity index (χ4n) is 3.60. The predicted octanol–water partition coefficient (Wildman–Crippen LogP) is 2.93. The first kappa shape index (κ1) is 21.0. The summed E-state index contributed by atoms with van der Waals surface area (Å²) in [6.45, 7) is 7.40. The number of para-hydroxylation sites is 1. The minimum Gasteiger partial charge on any atom is -0.369 e. The zero-order valence-electron chi connectivity index (χ0n) is 17.6. The molecule has 1 aromatic carbocycles. The normalized spacial score (nSPS) is 16.1. The molecule has 156 valence electrons. The lowest BCUT2D eigenvalue weighted by Gasteiger charge is -2.36. The number of aryl methyl sites for hydroxylation is 1. The number of rotatable bonds is 5. The fraction of sp³-hybridized carbons (Fsp3) is 0.476. The van der Waals surface area contributed by atoms with Gasteiger partial charge in [0.1, 0.15) is 11.6 Å². The topological polar surface area (TPSA) is 73.9 Å². The van der Waals surface area contributed by atoms with Crippen LogP contribution in [0.4, 0.5) is 21.8 Å². The number of hydrogen-bond donors (Lipinski definition) is 1. The van der Waals surface area contributed by atoms with Crippen LogP contribution in [0.1, 0.15) is 25.5 Å². The minimum atomic E-state index is -0.364. The number of benzene rings is 1. The number of likely N-dealkylation sites (tertiary alicyclic amines) is 1. The molecule has 8 heteroatoms. The highest BCUT2D eigenvalue weighted by Gasteiger charge is 2.23. The van der Waals surface area contributed by atoms with E-state index in [2.05, 4.69) is 38.7 Å². The Balaban J connectivity index is 1.80. The molecular formula is C21H30FN7. The van der Waals surface area contributed by atoms with Crippen LogP contribution in [0.5, 0.6) is 0 Å². The maximum Gasteiger partial charge on any atom is 0.254 e. The summed E-state index contributed by atoms with van der Waals surface area (Å²) in [5.74, 6) is 0.869. The number of nitrogens with two attached hydrogens (primary N) is 1. The maximum absolute atomic E-state index is 14.0. The van der Waals surface area contributed by atoms with E-state index in [0.717, 1.165) is 44.0 Å². The van der Waals surface area contributed by atoms with Crippen molar-refractivity contribution in [3.8, 4) is 0 Å². The number of guanidine groups is 1. The Morgan fingerprint density at radius 3 is 2.59 bits per heavy atom. The molecular weight excluding hydrogens is 369 g/mol. The fourth-order valence-corrected chi connectivity index (χ4v) is 3.60. The van der Waals surface area contributed by atoms with Crippen molar-refractivity contribution in [3.05, 3.63) is 41.8 Å². The van der Waals surface area contributed by atoms with Crippen molar-refractivity contribution in [1.29, 1.82) is 0 Å². The van der Waals surface area contributed by atoms with Crippen molar-refractivity contribution in [2.45, 2.75) is 32.7 Å². The summed E-state index contributed by atoms with van der Waals surface area (Å²) in [4.78, 5) is 19.5. The molecule has 0 radical (unpaired) electrons. The molecule has 2 N–H and O–H groups in total. The van der Waals surface area contributed by atoms with Gasteiger partial charge in [0.25, 0.3) is 5.95 Å². The van der Waals surface area contributed by atoms with E-state index in [1.165, 1.54) is 11.0 Å². The van der Waals surface area contributed by atoms with Crippen molar-refractivity contribution < 1.29 is 4.39 Å². The first-order valence-corrected chi connectivity index (χ1v) is 10.0. The lowest BCUT2D eigenvalue weighted by Crippen LogP contribution is -2.43. The molecule has 1 fully saturated rings. The molecule has 0 spiro atoms. The van der Waals surface area contributed by atoms with E-state index in [9.17, 15) is 4.39 Å². The lowest BCUT2D eigenvalue weighted by atomic mass is 10.0. The molecule has 3 rings (SSSR count). The van der Waals surface area contributed by atoms with Crippen LogP contribution in [-0.4, -0.2) is 60.6 Å². The van der Waals surface area contributed by atoms with Crippen LogP contribution < -0.4 is 15.5 Å². The van der Waals surface area contributed by atoms with Crippen LogP contribution in [0.15, 0.2) is 35.3 Å². The van der Waals surface area contributed by atoms with Gasteiger partial charge in [-0.3, -0.25) is 0 Å². The van der Waals surface area contributed by atoms with Crippen LogP contribution in [0, 0.1) is 12.7 Å². The number of anilines is 2. The van der Waals surface area contributed by atoms with E-state index < -0.39 is 0 Å². The van der Waals surface area contributed by atoms with Crippen LogP contribution in [0.2, 0.25) is 0 Å². The summed E-state index contributed by atoms with van der Waals surface area (Å²) in [6, 6.07) is 8.82. The third-order valence-electron chi connectivity index (χ3n) is 5.51. The number of nitrogens with zero attached hydrogens (tertiary/aromatic N) is 6. The monoisotopic (exact) mass is 399 g/mol. The summed E-state index contributed by atoms with van der Waals surface area (Å²) < 4.78 is 14.0. The lowest BCUT2D eigenvalue weighted by molar-refractivity contribution is 0.220. The van der Waals surface area contributed by atoms with Gasteiger partial charge in [0.15, 0.2) is 0 Å². The van der Waals surface area contributed by atoms with E-state index in [-0.39, 0.29) is 17.7 Å². The predicted molar refractivity (Wildman–Crippen MR) is 116 cm³/mol. The number of halogens is 1. The van der Waals surface area contributed by atoms with Crippen LogP contribution in [0.25, 0.3) is 0 Å². The third-order valence-corrected chi connectivity index (χ3v) is 5.51. The Morgan fingerprint density at radius 2 is 1.93 bits per heavy atom. The first-order valence-electron chi connectivity index (χ1n) is 10.0. The van der Waals surface area contributed by atoms with E-state index in [4.69, 9.17) is 5.73 Å². The van der Waals surface area contributed by atoms with E-state index >= 15 is 0 Å².